The Hall–Kier alpha value is -2.24. The van der Waals surface area contributed by atoms with Gasteiger partial charge in [-0.25, -0.2) is 0 Å². The van der Waals surface area contributed by atoms with Gasteiger partial charge in [0.05, 0.1) is 5.41 Å². The molecule has 29 heavy (non-hydrogen) atoms. The summed E-state index contributed by atoms with van der Waals surface area (Å²) >= 11 is 0. The molecule has 1 atom stereocenters. The molecule has 2 fully saturated rings. The molecule has 154 valence electrons. The molecule has 0 saturated carbocycles. The first-order valence-electron chi connectivity index (χ1n) is 10.7. The lowest BCUT2D eigenvalue weighted by Crippen LogP contribution is -2.53. The van der Waals surface area contributed by atoms with E-state index in [1.165, 1.54) is 5.56 Å². The molecule has 2 aliphatic heterocycles. The lowest BCUT2D eigenvalue weighted by molar-refractivity contribution is -0.137. The van der Waals surface area contributed by atoms with Gasteiger partial charge in [0.1, 0.15) is 0 Å². The van der Waals surface area contributed by atoms with Crippen LogP contribution in [0.4, 0.5) is 0 Å². The predicted molar refractivity (Wildman–Crippen MR) is 115 cm³/mol. The van der Waals surface area contributed by atoms with Gasteiger partial charge in [0, 0.05) is 38.2 Å². The molecule has 2 aliphatic rings. The van der Waals surface area contributed by atoms with Crippen molar-refractivity contribution < 1.29 is 9.53 Å². The minimum absolute atomic E-state index is 0.206. The molecule has 5 nitrogen and oxygen atoms in total. The smallest absolute Gasteiger partial charge is 0.226 e. The summed E-state index contributed by atoms with van der Waals surface area (Å²) in [5, 5.41) is 3.37. The zero-order valence-corrected chi connectivity index (χ0v) is 17.3. The number of amides is 1. The van der Waals surface area contributed by atoms with E-state index < -0.39 is 0 Å². The molecule has 5 heteroatoms. The number of aromatic nitrogens is 1. The quantitative estimate of drug-likeness (QED) is 0.847. The Morgan fingerprint density at radius 2 is 2.00 bits per heavy atom. The van der Waals surface area contributed by atoms with E-state index in [0.717, 1.165) is 56.3 Å². The Balaban J connectivity index is 1.48. The molecule has 0 aliphatic carbocycles. The first-order valence-corrected chi connectivity index (χ1v) is 10.7. The maximum atomic E-state index is 13.4. The summed E-state index contributed by atoms with van der Waals surface area (Å²) in [5.41, 5.74) is 3.09. The van der Waals surface area contributed by atoms with Crippen molar-refractivity contribution in [2.24, 2.45) is 5.41 Å². The summed E-state index contributed by atoms with van der Waals surface area (Å²) in [6, 6.07) is 12.8. The molecule has 2 saturated heterocycles. The van der Waals surface area contributed by atoms with Gasteiger partial charge >= 0.3 is 0 Å². The Kier molecular flexibility index (Phi) is 6.26. The number of likely N-dealkylation sites (tertiary alicyclic amines) is 1. The molecule has 2 aromatic rings. The highest BCUT2D eigenvalue weighted by molar-refractivity contribution is 5.83. The monoisotopic (exact) mass is 393 g/mol. The fourth-order valence-corrected chi connectivity index (χ4v) is 4.61. The number of pyridine rings is 1. The fourth-order valence-electron chi connectivity index (χ4n) is 4.61. The Bertz CT molecular complexity index is 801. The maximum Gasteiger partial charge on any atom is 0.226 e. The van der Waals surface area contributed by atoms with E-state index in [4.69, 9.17) is 4.74 Å². The van der Waals surface area contributed by atoms with Crippen LogP contribution in [0.1, 0.15) is 31.2 Å². The summed E-state index contributed by atoms with van der Waals surface area (Å²) in [7, 11) is 2.13. The van der Waals surface area contributed by atoms with Crippen LogP contribution >= 0.6 is 0 Å². The summed E-state index contributed by atoms with van der Waals surface area (Å²) in [6.07, 6.45) is 8.21. The number of nitrogens with zero attached hydrogens (tertiary/aromatic N) is 2. The van der Waals surface area contributed by atoms with Crippen LogP contribution in [0.15, 0.2) is 48.8 Å². The van der Waals surface area contributed by atoms with Crippen molar-refractivity contribution in [1.82, 2.24) is 15.2 Å². The van der Waals surface area contributed by atoms with E-state index in [1.54, 1.807) is 6.20 Å². The Morgan fingerprint density at radius 3 is 2.69 bits per heavy atom. The lowest BCUT2D eigenvalue weighted by atomic mass is 9.74. The van der Waals surface area contributed by atoms with Gasteiger partial charge < -0.3 is 15.0 Å². The zero-order chi connectivity index (χ0) is 20.1. The molecule has 0 radical (unpaired) electrons. The molecule has 1 amide bonds. The van der Waals surface area contributed by atoms with Crippen molar-refractivity contribution in [2.45, 2.75) is 38.1 Å². The molecular formula is C24H31N3O2. The van der Waals surface area contributed by atoms with Gasteiger partial charge in [-0.15, -0.1) is 0 Å². The number of nitrogens with one attached hydrogen (secondary N) is 1. The number of hydrogen-bond donors (Lipinski definition) is 1. The number of hydrogen-bond acceptors (Lipinski definition) is 4. The summed E-state index contributed by atoms with van der Waals surface area (Å²) in [5.74, 6) is 0.206. The number of ether oxygens (including phenoxy) is 1. The minimum atomic E-state index is -0.371. The highest BCUT2D eigenvalue weighted by atomic mass is 16.5. The van der Waals surface area contributed by atoms with Crippen molar-refractivity contribution in [2.75, 3.05) is 33.4 Å². The molecular weight excluding hydrogens is 362 g/mol. The van der Waals surface area contributed by atoms with Crippen LogP contribution in [0, 0.1) is 5.41 Å². The third-order valence-electron chi connectivity index (χ3n) is 6.38. The van der Waals surface area contributed by atoms with Crippen LogP contribution in [-0.4, -0.2) is 55.2 Å². The van der Waals surface area contributed by atoms with E-state index in [-0.39, 0.29) is 17.4 Å². The number of rotatable bonds is 5. The number of carbonyl (C=O) groups excluding carboxylic acids is 1. The van der Waals surface area contributed by atoms with Gasteiger partial charge in [-0.2, -0.15) is 0 Å². The zero-order valence-electron chi connectivity index (χ0n) is 17.3. The molecule has 0 bridgehead atoms. The summed E-state index contributed by atoms with van der Waals surface area (Å²) in [4.78, 5) is 19.9. The summed E-state index contributed by atoms with van der Waals surface area (Å²) in [6.45, 7) is 3.38. The molecule has 1 N–H and O–H groups in total. The van der Waals surface area contributed by atoms with Crippen molar-refractivity contribution in [3.05, 3.63) is 54.4 Å². The highest BCUT2D eigenvalue weighted by Gasteiger charge is 2.41. The van der Waals surface area contributed by atoms with Gasteiger partial charge in [0.25, 0.3) is 0 Å². The van der Waals surface area contributed by atoms with Crippen molar-refractivity contribution >= 4 is 5.91 Å². The number of likely N-dealkylation sites (N-methyl/N-ethyl adjacent to an activating group) is 1. The van der Waals surface area contributed by atoms with E-state index in [2.05, 4.69) is 52.6 Å². The van der Waals surface area contributed by atoms with E-state index in [1.807, 2.05) is 12.3 Å². The standard InChI is InChI=1S/C24H31N3O2/c1-27-13-3-5-22(18-27)26-23(28)24(10-14-29-15-11-24)16-19-6-8-20(9-7-19)21-4-2-12-25-17-21/h2,4,6-9,12,17,22H,3,5,10-11,13-16,18H2,1H3,(H,26,28)/t22-/m1/s1. The maximum absolute atomic E-state index is 13.4. The SMILES string of the molecule is CN1CCC[C@@H](NC(=O)C2(Cc3ccc(-c4cccnc4)cc3)CCOCC2)C1. The van der Waals surface area contributed by atoms with Crippen LogP contribution in [0.3, 0.4) is 0 Å². The van der Waals surface area contributed by atoms with Crippen molar-refractivity contribution in [3.8, 4) is 11.1 Å². The Labute approximate surface area is 173 Å². The molecule has 0 spiro atoms. The topological polar surface area (TPSA) is 54.5 Å². The largest absolute Gasteiger partial charge is 0.381 e. The van der Waals surface area contributed by atoms with E-state index in [9.17, 15) is 4.79 Å². The van der Waals surface area contributed by atoms with Crippen molar-refractivity contribution in [1.29, 1.82) is 0 Å². The number of carbonyl (C=O) groups is 1. The molecule has 4 rings (SSSR count). The molecule has 1 aromatic heterocycles. The van der Waals surface area contributed by atoms with Crippen LogP contribution in [0.25, 0.3) is 11.1 Å². The first kappa shape index (κ1) is 20.0. The van der Waals surface area contributed by atoms with Crippen LogP contribution in [-0.2, 0) is 16.0 Å². The second-order valence-corrected chi connectivity index (χ2v) is 8.58. The van der Waals surface area contributed by atoms with Crippen molar-refractivity contribution in [3.63, 3.8) is 0 Å². The van der Waals surface area contributed by atoms with Gasteiger partial charge in [0.2, 0.25) is 5.91 Å². The van der Waals surface area contributed by atoms with Crippen LogP contribution < -0.4 is 5.32 Å². The third-order valence-corrected chi connectivity index (χ3v) is 6.38. The molecule has 1 aromatic carbocycles. The Morgan fingerprint density at radius 1 is 1.21 bits per heavy atom. The molecule has 0 unspecified atom stereocenters. The van der Waals surface area contributed by atoms with Gasteiger partial charge in [-0.3, -0.25) is 9.78 Å². The normalized spacial score (nSPS) is 22.2. The van der Waals surface area contributed by atoms with Gasteiger partial charge in [-0.1, -0.05) is 30.3 Å². The second kappa shape index (κ2) is 9.06. The minimum Gasteiger partial charge on any atom is -0.381 e. The number of benzene rings is 1. The van der Waals surface area contributed by atoms with Crippen LogP contribution in [0.5, 0.6) is 0 Å². The van der Waals surface area contributed by atoms with E-state index in [0.29, 0.717) is 13.2 Å². The van der Waals surface area contributed by atoms with Gasteiger partial charge in [0.15, 0.2) is 0 Å². The summed E-state index contributed by atoms with van der Waals surface area (Å²) < 4.78 is 5.60. The second-order valence-electron chi connectivity index (χ2n) is 8.58. The predicted octanol–water partition coefficient (Wildman–Crippen LogP) is 3.30. The third kappa shape index (κ3) is 4.85. The molecule has 3 heterocycles. The van der Waals surface area contributed by atoms with Crippen LogP contribution in [0.2, 0.25) is 0 Å². The average Bonchev–Trinajstić information content (AvgIpc) is 2.75. The van der Waals surface area contributed by atoms with E-state index >= 15 is 0 Å². The first-order chi connectivity index (χ1) is 14.1. The van der Waals surface area contributed by atoms with Gasteiger partial charge in [-0.05, 0) is 68.5 Å². The average molecular weight is 394 g/mol. The highest BCUT2D eigenvalue weighted by Crippen LogP contribution is 2.35. The fraction of sp³-hybridized carbons (Fsp3) is 0.500. The number of piperidine rings is 1. The lowest BCUT2D eigenvalue weighted by Gasteiger charge is -2.38.